The first-order valence-electron chi connectivity index (χ1n) is 8.07. The number of hydrogen-bond donors (Lipinski definition) is 1. The van der Waals surface area contributed by atoms with Gasteiger partial charge in [-0.3, -0.25) is 14.3 Å². The number of amides is 1. The summed E-state index contributed by atoms with van der Waals surface area (Å²) in [6.45, 7) is 2.96. The molecule has 0 radical (unpaired) electrons. The molecule has 1 N–H and O–H groups in total. The lowest BCUT2D eigenvalue weighted by Crippen LogP contribution is -2.39. The lowest BCUT2D eigenvalue weighted by atomic mass is 9.95. The van der Waals surface area contributed by atoms with Crippen LogP contribution in [0.3, 0.4) is 0 Å². The van der Waals surface area contributed by atoms with Crippen molar-refractivity contribution in [1.82, 2.24) is 24.5 Å². The van der Waals surface area contributed by atoms with Crippen molar-refractivity contribution in [3.63, 3.8) is 0 Å². The molecular weight excluding hydrogens is 309 g/mol. The molecule has 3 aromatic rings. The number of hydrogen-bond acceptors (Lipinski definition) is 3. The molecule has 0 spiro atoms. The Hall–Kier alpha value is -2.70. The maximum Gasteiger partial charge on any atom is 0.277 e. The van der Waals surface area contributed by atoms with E-state index in [-0.39, 0.29) is 17.5 Å². The van der Waals surface area contributed by atoms with Crippen molar-refractivity contribution < 1.29 is 9.18 Å². The third-order valence-electron chi connectivity index (χ3n) is 4.66. The van der Waals surface area contributed by atoms with Gasteiger partial charge < -0.3 is 4.90 Å². The first kappa shape index (κ1) is 14.9. The first-order valence-corrected chi connectivity index (χ1v) is 8.07. The van der Waals surface area contributed by atoms with Gasteiger partial charge >= 0.3 is 0 Å². The van der Waals surface area contributed by atoms with E-state index in [1.165, 1.54) is 4.40 Å². The van der Waals surface area contributed by atoms with E-state index in [0.29, 0.717) is 24.4 Å². The summed E-state index contributed by atoms with van der Waals surface area (Å²) in [4.78, 5) is 18.7. The highest BCUT2D eigenvalue weighted by atomic mass is 19.1. The van der Waals surface area contributed by atoms with Gasteiger partial charge in [0.2, 0.25) is 5.95 Å². The molecule has 6 nitrogen and oxygen atoms in total. The smallest absolute Gasteiger partial charge is 0.277 e. The second-order valence-corrected chi connectivity index (χ2v) is 6.21. The number of pyridine rings is 1. The number of piperidine rings is 1. The number of aromatic amines is 1. The molecule has 3 aromatic heterocycles. The van der Waals surface area contributed by atoms with Crippen molar-refractivity contribution in [2.24, 2.45) is 0 Å². The molecular formula is C17H18FN5O. The zero-order valence-corrected chi connectivity index (χ0v) is 13.4. The van der Waals surface area contributed by atoms with Crippen LogP contribution in [0.2, 0.25) is 0 Å². The minimum Gasteiger partial charge on any atom is -0.336 e. The van der Waals surface area contributed by atoms with Crippen molar-refractivity contribution in [3.8, 4) is 0 Å². The molecule has 0 aliphatic carbocycles. The van der Waals surface area contributed by atoms with Crippen LogP contribution in [0.1, 0.15) is 40.6 Å². The number of fused-ring (bicyclic) bond motifs is 1. The highest BCUT2D eigenvalue weighted by Crippen LogP contribution is 2.26. The largest absolute Gasteiger partial charge is 0.336 e. The number of halogens is 1. The SMILES string of the molecule is Cc1cccc2nc(C(=O)N3CCC[C@H](c4ccn[nH]4)C3)c(F)n12. The van der Waals surface area contributed by atoms with Gasteiger partial charge in [0.15, 0.2) is 5.69 Å². The first-order chi connectivity index (χ1) is 11.6. The number of nitrogens with one attached hydrogen (secondary N) is 1. The molecule has 0 unspecified atom stereocenters. The molecule has 7 heteroatoms. The predicted octanol–water partition coefficient (Wildman–Crippen LogP) is 2.52. The Labute approximate surface area is 138 Å². The van der Waals surface area contributed by atoms with Crippen molar-refractivity contribution in [1.29, 1.82) is 0 Å². The van der Waals surface area contributed by atoms with Crippen LogP contribution in [0.4, 0.5) is 4.39 Å². The molecule has 1 aliphatic rings. The van der Waals surface area contributed by atoms with Crippen LogP contribution < -0.4 is 0 Å². The van der Waals surface area contributed by atoms with Crippen molar-refractivity contribution in [2.75, 3.05) is 13.1 Å². The van der Waals surface area contributed by atoms with Gasteiger partial charge in [-0.25, -0.2) is 4.98 Å². The number of imidazole rings is 1. The Morgan fingerprint density at radius 1 is 1.38 bits per heavy atom. The summed E-state index contributed by atoms with van der Waals surface area (Å²) < 4.78 is 16.1. The summed E-state index contributed by atoms with van der Waals surface area (Å²) in [5.41, 5.74) is 2.08. The number of likely N-dealkylation sites (tertiary alicyclic amines) is 1. The zero-order valence-electron chi connectivity index (χ0n) is 13.4. The van der Waals surface area contributed by atoms with E-state index >= 15 is 0 Å². The number of carbonyl (C=O) groups is 1. The molecule has 24 heavy (non-hydrogen) atoms. The van der Waals surface area contributed by atoms with Crippen molar-refractivity contribution in [2.45, 2.75) is 25.7 Å². The molecule has 0 aromatic carbocycles. The Morgan fingerprint density at radius 3 is 3.00 bits per heavy atom. The fourth-order valence-corrected chi connectivity index (χ4v) is 3.41. The minimum atomic E-state index is -0.586. The molecule has 124 valence electrons. The summed E-state index contributed by atoms with van der Waals surface area (Å²) in [7, 11) is 0. The summed E-state index contributed by atoms with van der Waals surface area (Å²) in [5.74, 6) is -0.733. The van der Waals surface area contributed by atoms with E-state index < -0.39 is 5.95 Å². The van der Waals surface area contributed by atoms with Crippen molar-refractivity contribution in [3.05, 3.63) is 53.5 Å². The van der Waals surface area contributed by atoms with Gasteiger partial charge in [-0.15, -0.1) is 0 Å². The molecule has 0 bridgehead atoms. The van der Waals surface area contributed by atoms with Crippen LogP contribution in [0.15, 0.2) is 30.5 Å². The Kier molecular flexibility index (Phi) is 3.55. The van der Waals surface area contributed by atoms with Gasteiger partial charge in [-0.2, -0.15) is 9.49 Å². The zero-order chi connectivity index (χ0) is 16.7. The van der Waals surface area contributed by atoms with E-state index in [4.69, 9.17) is 0 Å². The third-order valence-corrected chi connectivity index (χ3v) is 4.66. The normalized spacial score (nSPS) is 18.2. The van der Waals surface area contributed by atoms with Gasteiger partial charge in [-0.1, -0.05) is 6.07 Å². The van der Waals surface area contributed by atoms with E-state index in [2.05, 4.69) is 15.2 Å². The van der Waals surface area contributed by atoms with Crippen LogP contribution in [-0.2, 0) is 0 Å². The average molecular weight is 327 g/mol. The van der Waals surface area contributed by atoms with Crippen molar-refractivity contribution >= 4 is 11.6 Å². The molecule has 1 aliphatic heterocycles. The molecule has 1 amide bonds. The molecule has 1 fully saturated rings. The third kappa shape index (κ3) is 2.36. The van der Waals surface area contributed by atoms with Crippen LogP contribution >= 0.6 is 0 Å². The van der Waals surface area contributed by atoms with Gasteiger partial charge in [0, 0.05) is 36.6 Å². The average Bonchev–Trinajstić information content (AvgIpc) is 3.23. The topological polar surface area (TPSA) is 66.3 Å². The predicted molar refractivity (Wildman–Crippen MR) is 86.4 cm³/mol. The second kappa shape index (κ2) is 5.74. The molecule has 0 saturated carbocycles. The fourth-order valence-electron chi connectivity index (χ4n) is 3.41. The number of aryl methyl sites for hydroxylation is 1. The molecule has 1 saturated heterocycles. The Bertz CT molecular complexity index is 886. The highest BCUT2D eigenvalue weighted by molar-refractivity contribution is 5.93. The molecule has 4 heterocycles. The summed E-state index contributed by atoms with van der Waals surface area (Å²) in [6.07, 6.45) is 3.57. The number of H-pyrrole nitrogens is 1. The summed E-state index contributed by atoms with van der Waals surface area (Å²) in [6, 6.07) is 7.23. The van der Waals surface area contributed by atoms with Gasteiger partial charge in [-0.05, 0) is 38.0 Å². The van der Waals surface area contributed by atoms with Gasteiger partial charge in [0.05, 0.1) is 0 Å². The molecule has 4 rings (SSSR count). The monoisotopic (exact) mass is 327 g/mol. The fraction of sp³-hybridized carbons (Fsp3) is 0.353. The maximum atomic E-state index is 14.7. The summed E-state index contributed by atoms with van der Waals surface area (Å²) >= 11 is 0. The van der Waals surface area contributed by atoms with E-state index in [1.807, 2.05) is 6.07 Å². The highest BCUT2D eigenvalue weighted by Gasteiger charge is 2.30. The number of carbonyl (C=O) groups excluding carboxylic acids is 1. The molecule has 1 atom stereocenters. The minimum absolute atomic E-state index is 0.102. The van der Waals surface area contributed by atoms with Gasteiger partial charge in [0.25, 0.3) is 5.91 Å². The Balaban J connectivity index is 1.64. The number of rotatable bonds is 2. The Morgan fingerprint density at radius 2 is 2.25 bits per heavy atom. The van der Waals surface area contributed by atoms with Gasteiger partial charge in [0.1, 0.15) is 5.65 Å². The summed E-state index contributed by atoms with van der Waals surface area (Å²) in [5, 5.41) is 6.94. The lowest BCUT2D eigenvalue weighted by molar-refractivity contribution is 0.0695. The lowest BCUT2D eigenvalue weighted by Gasteiger charge is -2.31. The standard InChI is InChI=1S/C17H18FN5O/c1-11-4-2-6-14-20-15(16(18)23(11)14)17(24)22-9-3-5-12(10-22)13-7-8-19-21-13/h2,4,6-8,12H,3,5,9-10H2,1H3,(H,19,21)/t12-/m0/s1. The number of nitrogens with zero attached hydrogens (tertiary/aromatic N) is 4. The second-order valence-electron chi connectivity index (χ2n) is 6.21. The van der Waals surface area contributed by atoms with Crippen LogP contribution in [-0.4, -0.2) is 43.5 Å². The van der Waals surface area contributed by atoms with Crippen LogP contribution in [0.5, 0.6) is 0 Å². The van der Waals surface area contributed by atoms with Crippen LogP contribution in [0.25, 0.3) is 5.65 Å². The maximum absolute atomic E-state index is 14.7. The van der Waals surface area contributed by atoms with E-state index in [0.717, 1.165) is 18.5 Å². The van der Waals surface area contributed by atoms with Crippen LogP contribution in [0, 0.1) is 12.9 Å². The van der Waals surface area contributed by atoms with E-state index in [9.17, 15) is 9.18 Å². The van der Waals surface area contributed by atoms with E-state index in [1.54, 1.807) is 36.2 Å². The number of aromatic nitrogens is 4. The quantitative estimate of drug-likeness (QED) is 0.786.